The van der Waals surface area contributed by atoms with Gasteiger partial charge in [-0.25, -0.2) is 0 Å². The molecule has 1 unspecified atom stereocenters. The highest BCUT2D eigenvalue weighted by molar-refractivity contribution is 6.31. The minimum atomic E-state index is -0.434. The van der Waals surface area contributed by atoms with E-state index in [2.05, 4.69) is 5.32 Å². The number of ether oxygens (including phenoxy) is 2. The number of methoxy groups -OCH3 is 2. The Bertz CT molecular complexity index is 856. The van der Waals surface area contributed by atoms with E-state index in [1.807, 2.05) is 24.3 Å². The Balaban J connectivity index is 1.68. The number of hydrogen-bond donors (Lipinski definition) is 1. The molecule has 1 atom stereocenters. The molecule has 0 bridgehead atoms. The molecule has 1 N–H and O–H groups in total. The van der Waals surface area contributed by atoms with Crippen LogP contribution in [0.1, 0.15) is 12.0 Å². The molecule has 7 heteroatoms. The van der Waals surface area contributed by atoms with Gasteiger partial charge in [-0.3, -0.25) is 9.59 Å². The lowest BCUT2D eigenvalue weighted by Gasteiger charge is -2.18. The third kappa shape index (κ3) is 4.34. The zero-order valence-corrected chi connectivity index (χ0v) is 16.0. The van der Waals surface area contributed by atoms with Gasteiger partial charge in [-0.15, -0.1) is 0 Å². The van der Waals surface area contributed by atoms with Crippen molar-refractivity contribution in [2.75, 3.05) is 26.1 Å². The lowest BCUT2D eigenvalue weighted by atomic mass is 10.1. The number of halogens is 1. The van der Waals surface area contributed by atoms with Crippen molar-refractivity contribution >= 4 is 29.1 Å². The zero-order chi connectivity index (χ0) is 19.4. The fraction of sp³-hybridized carbons (Fsp3) is 0.300. The van der Waals surface area contributed by atoms with E-state index in [1.165, 1.54) is 7.11 Å². The summed E-state index contributed by atoms with van der Waals surface area (Å²) in [4.78, 5) is 26.7. The molecule has 0 aliphatic carbocycles. The minimum absolute atomic E-state index is 0.0564. The molecular weight excluding hydrogens is 368 g/mol. The van der Waals surface area contributed by atoms with Crippen LogP contribution in [0.25, 0.3) is 0 Å². The van der Waals surface area contributed by atoms with E-state index in [9.17, 15) is 9.59 Å². The molecule has 1 aliphatic rings. The Hall–Kier alpha value is -2.73. The van der Waals surface area contributed by atoms with Gasteiger partial charge in [0.25, 0.3) is 0 Å². The van der Waals surface area contributed by atoms with Crippen LogP contribution in [0.2, 0.25) is 5.02 Å². The van der Waals surface area contributed by atoms with E-state index in [0.717, 1.165) is 11.3 Å². The maximum absolute atomic E-state index is 12.6. The molecule has 3 rings (SSSR count). The van der Waals surface area contributed by atoms with Gasteiger partial charge < -0.3 is 19.7 Å². The van der Waals surface area contributed by atoms with Crippen molar-refractivity contribution in [3.8, 4) is 11.5 Å². The third-order valence-corrected chi connectivity index (χ3v) is 4.79. The molecule has 1 fully saturated rings. The van der Waals surface area contributed by atoms with E-state index in [-0.39, 0.29) is 18.2 Å². The fourth-order valence-corrected chi connectivity index (χ4v) is 3.32. The summed E-state index contributed by atoms with van der Waals surface area (Å²) >= 11 is 6.00. The molecule has 142 valence electrons. The molecule has 2 amide bonds. The number of anilines is 1. The highest BCUT2D eigenvalue weighted by Gasteiger charge is 2.34. The summed E-state index contributed by atoms with van der Waals surface area (Å²) in [6.07, 6.45) is 0.170. The van der Waals surface area contributed by atoms with Crippen LogP contribution in [-0.2, 0) is 16.1 Å². The lowest BCUT2D eigenvalue weighted by molar-refractivity contribution is -0.128. The van der Waals surface area contributed by atoms with E-state index in [0.29, 0.717) is 29.5 Å². The predicted molar refractivity (Wildman–Crippen MR) is 103 cm³/mol. The maximum atomic E-state index is 12.6. The average Bonchev–Trinajstić information content (AvgIpc) is 3.03. The zero-order valence-electron chi connectivity index (χ0n) is 15.2. The Labute approximate surface area is 163 Å². The molecule has 2 aromatic rings. The molecule has 0 saturated carbocycles. The van der Waals surface area contributed by atoms with Crippen LogP contribution in [0, 0.1) is 5.92 Å². The summed E-state index contributed by atoms with van der Waals surface area (Å²) in [5.74, 6) is 0.520. The molecule has 2 aromatic carbocycles. The van der Waals surface area contributed by atoms with Gasteiger partial charge in [-0.1, -0.05) is 29.8 Å². The lowest BCUT2D eigenvalue weighted by Crippen LogP contribution is -2.28. The van der Waals surface area contributed by atoms with Crippen LogP contribution in [0.4, 0.5) is 5.69 Å². The van der Waals surface area contributed by atoms with Crippen molar-refractivity contribution in [2.24, 2.45) is 5.92 Å². The van der Waals surface area contributed by atoms with Crippen LogP contribution in [0.3, 0.4) is 0 Å². The quantitative estimate of drug-likeness (QED) is 0.824. The number of nitrogens with zero attached hydrogens (tertiary/aromatic N) is 1. The largest absolute Gasteiger partial charge is 0.496 e. The van der Waals surface area contributed by atoms with Crippen molar-refractivity contribution in [1.29, 1.82) is 0 Å². The topological polar surface area (TPSA) is 67.9 Å². The third-order valence-electron chi connectivity index (χ3n) is 4.56. The first-order valence-electron chi connectivity index (χ1n) is 8.56. The van der Waals surface area contributed by atoms with Gasteiger partial charge in [0, 0.05) is 30.1 Å². The maximum Gasteiger partial charge on any atom is 0.229 e. The number of benzene rings is 2. The molecule has 1 heterocycles. The van der Waals surface area contributed by atoms with Gasteiger partial charge in [-0.2, -0.15) is 0 Å². The second-order valence-electron chi connectivity index (χ2n) is 6.32. The van der Waals surface area contributed by atoms with Crippen molar-refractivity contribution in [3.05, 3.63) is 53.1 Å². The minimum Gasteiger partial charge on any atom is -0.496 e. The Kier molecular flexibility index (Phi) is 5.86. The molecule has 0 spiro atoms. The van der Waals surface area contributed by atoms with E-state index in [1.54, 1.807) is 30.2 Å². The van der Waals surface area contributed by atoms with Gasteiger partial charge in [0.2, 0.25) is 11.8 Å². The fourth-order valence-electron chi connectivity index (χ4n) is 3.15. The molecular formula is C20H21ClN2O4. The van der Waals surface area contributed by atoms with Gasteiger partial charge in [0.15, 0.2) is 0 Å². The van der Waals surface area contributed by atoms with Gasteiger partial charge in [0.05, 0.1) is 25.8 Å². The summed E-state index contributed by atoms with van der Waals surface area (Å²) in [7, 11) is 3.12. The van der Waals surface area contributed by atoms with Crippen molar-refractivity contribution < 1.29 is 19.1 Å². The first kappa shape index (κ1) is 19.0. The number of nitrogens with one attached hydrogen (secondary N) is 1. The Morgan fingerprint density at radius 1 is 1.19 bits per heavy atom. The number of amides is 2. The predicted octanol–water partition coefficient (Wildman–Crippen LogP) is 3.34. The normalized spacial score (nSPS) is 16.3. The average molecular weight is 389 g/mol. The van der Waals surface area contributed by atoms with Crippen molar-refractivity contribution in [2.45, 2.75) is 13.0 Å². The van der Waals surface area contributed by atoms with E-state index >= 15 is 0 Å². The Morgan fingerprint density at radius 3 is 2.67 bits per heavy atom. The second kappa shape index (κ2) is 8.31. The molecule has 1 aliphatic heterocycles. The van der Waals surface area contributed by atoms with Crippen molar-refractivity contribution in [1.82, 2.24) is 4.90 Å². The standard InChI is InChI=1S/C20H21ClN2O4/c1-26-17-6-4-3-5-13(17)11-23-12-14(9-19(23)24)20(25)22-16-10-15(21)7-8-18(16)27-2/h3-8,10,14H,9,11-12H2,1-2H3,(H,22,25). The second-order valence-corrected chi connectivity index (χ2v) is 6.76. The number of rotatable bonds is 6. The van der Waals surface area contributed by atoms with Crippen LogP contribution in [0.5, 0.6) is 11.5 Å². The van der Waals surface area contributed by atoms with Crippen LogP contribution >= 0.6 is 11.6 Å². The molecule has 0 radical (unpaired) electrons. The summed E-state index contributed by atoms with van der Waals surface area (Å²) in [5.41, 5.74) is 1.40. The highest BCUT2D eigenvalue weighted by Crippen LogP contribution is 2.30. The monoisotopic (exact) mass is 388 g/mol. The molecule has 0 aromatic heterocycles. The SMILES string of the molecule is COc1ccccc1CN1CC(C(=O)Nc2cc(Cl)ccc2OC)CC1=O. The smallest absolute Gasteiger partial charge is 0.229 e. The number of likely N-dealkylation sites (tertiary alicyclic amines) is 1. The summed E-state index contributed by atoms with van der Waals surface area (Å²) in [6, 6.07) is 12.5. The van der Waals surface area contributed by atoms with E-state index in [4.69, 9.17) is 21.1 Å². The van der Waals surface area contributed by atoms with E-state index < -0.39 is 5.92 Å². The first-order chi connectivity index (χ1) is 13.0. The summed E-state index contributed by atoms with van der Waals surface area (Å²) in [5, 5.41) is 3.31. The highest BCUT2D eigenvalue weighted by atomic mass is 35.5. The summed E-state index contributed by atoms with van der Waals surface area (Å²) < 4.78 is 10.6. The number of carbonyl (C=O) groups is 2. The summed E-state index contributed by atoms with van der Waals surface area (Å²) in [6.45, 7) is 0.763. The van der Waals surface area contributed by atoms with Crippen LogP contribution < -0.4 is 14.8 Å². The molecule has 27 heavy (non-hydrogen) atoms. The van der Waals surface area contributed by atoms with Crippen molar-refractivity contribution in [3.63, 3.8) is 0 Å². The van der Waals surface area contributed by atoms with Gasteiger partial charge >= 0.3 is 0 Å². The number of hydrogen-bond acceptors (Lipinski definition) is 4. The number of carbonyl (C=O) groups excluding carboxylic acids is 2. The van der Waals surface area contributed by atoms with Crippen LogP contribution in [-0.4, -0.2) is 37.5 Å². The number of para-hydroxylation sites is 1. The van der Waals surface area contributed by atoms with Crippen LogP contribution in [0.15, 0.2) is 42.5 Å². The molecule has 1 saturated heterocycles. The Morgan fingerprint density at radius 2 is 1.93 bits per heavy atom. The van der Waals surface area contributed by atoms with Gasteiger partial charge in [0.1, 0.15) is 11.5 Å². The van der Waals surface area contributed by atoms with Gasteiger partial charge in [-0.05, 0) is 24.3 Å². The first-order valence-corrected chi connectivity index (χ1v) is 8.93. The molecule has 6 nitrogen and oxygen atoms in total.